The van der Waals surface area contributed by atoms with Gasteiger partial charge >= 0.3 is 12.1 Å². The maximum atomic E-state index is 13.5. The lowest BCUT2D eigenvalue weighted by molar-refractivity contribution is -0.138. The molecule has 1 fully saturated rings. The molecule has 2 aromatic rings. The average Bonchev–Trinajstić information content (AvgIpc) is 2.97. The summed E-state index contributed by atoms with van der Waals surface area (Å²) in [6, 6.07) is 11.2. The van der Waals surface area contributed by atoms with Crippen LogP contribution >= 0.6 is 0 Å². The summed E-state index contributed by atoms with van der Waals surface area (Å²) in [6.07, 6.45) is 0.183. The van der Waals surface area contributed by atoms with Gasteiger partial charge in [0.15, 0.2) is 0 Å². The number of hydrogen-bond donors (Lipinski definition) is 2. The minimum Gasteiger partial charge on any atom is -0.481 e. The molecule has 42 heavy (non-hydrogen) atoms. The summed E-state index contributed by atoms with van der Waals surface area (Å²) in [6.45, 7) is 3.00. The van der Waals surface area contributed by atoms with Crippen LogP contribution in [0.25, 0.3) is 11.3 Å². The molecule has 2 heterocycles. The maximum absolute atomic E-state index is 13.5. The first-order chi connectivity index (χ1) is 19.9. The molecule has 13 nitrogen and oxygen atoms in total. The van der Waals surface area contributed by atoms with Crippen molar-refractivity contribution in [2.24, 2.45) is 0 Å². The number of sulfone groups is 1. The number of hydrogen-bond acceptors (Lipinski definition) is 9. The fraction of sp³-hybridized carbons (Fsp3) is 0.464. The first-order valence-corrected chi connectivity index (χ1v) is 15.6. The van der Waals surface area contributed by atoms with Crippen molar-refractivity contribution in [3.63, 3.8) is 0 Å². The number of carboxylic acid groups (broad SMARTS) is 1. The third kappa shape index (κ3) is 9.43. The molecule has 0 spiro atoms. The van der Waals surface area contributed by atoms with Crippen molar-refractivity contribution in [3.05, 3.63) is 48.2 Å². The molecule has 0 aliphatic carbocycles. The molecule has 1 aromatic heterocycles. The van der Waals surface area contributed by atoms with Crippen molar-refractivity contribution >= 4 is 39.4 Å². The number of rotatable bonds is 12. The largest absolute Gasteiger partial charge is 0.481 e. The SMILES string of the molecule is CCOC(=O)N1CCN(C(=O)[C@H](CCC(=O)O)NC(=O)c2cc(N(C)CCS(C)(=O)=O)cc(-c3ccccc3)n2)CC1. The second-order valence-electron chi connectivity index (χ2n) is 9.98. The number of nitrogens with one attached hydrogen (secondary N) is 1. The van der Waals surface area contributed by atoms with Gasteiger partial charge < -0.3 is 29.9 Å². The second-order valence-corrected chi connectivity index (χ2v) is 12.2. The van der Waals surface area contributed by atoms with Crippen LogP contribution in [0.2, 0.25) is 0 Å². The van der Waals surface area contributed by atoms with Crippen LogP contribution in [-0.4, -0.2) is 117 Å². The van der Waals surface area contributed by atoms with Gasteiger partial charge in [0, 0.05) is 63.7 Å². The lowest BCUT2D eigenvalue weighted by atomic mass is 10.1. The predicted molar refractivity (Wildman–Crippen MR) is 156 cm³/mol. The average molecular weight is 604 g/mol. The van der Waals surface area contributed by atoms with Gasteiger partial charge in [-0.3, -0.25) is 14.4 Å². The molecule has 1 aliphatic rings. The Kier molecular flexibility index (Phi) is 11.2. The number of piperazine rings is 1. The Bertz CT molecular complexity index is 1380. The van der Waals surface area contributed by atoms with Crippen LogP contribution in [0.4, 0.5) is 10.5 Å². The van der Waals surface area contributed by atoms with Crippen molar-refractivity contribution in [1.82, 2.24) is 20.1 Å². The summed E-state index contributed by atoms with van der Waals surface area (Å²) in [5.41, 5.74) is 1.72. The van der Waals surface area contributed by atoms with E-state index >= 15 is 0 Å². The second kappa shape index (κ2) is 14.6. The minimum absolute atomic E-state index is 0.0159. The fourth-order valence-electron chi connectivity index (χ4n) is 4.34. The van der Waals surface area contributed by atoms with Gasteiger partial charge in [0.2, 0.25) is 5.91 Å². The quantitative estimate of drug-likeness (QED) is 0.363. The normalized spacial score (nSPS) is 14.2. The number of carbonyl (C=O) groups excluding carboxylic acids is 3. The molecule has 228 valence electrons. The van der Waals surface area contributed by atoms with Crippen molar-refractivity contribution in [2.45, 2.75) is 25.8 Å². The summed E-state index contributed by atoms with van der Waals surface area (Å²) >= 11 is 0. The van der Waals surface area contributed by atoms with E-state index in [0.29, 0.717) is 11.4 Å². The smallest absolute Gasteiger partial charge is 0.409 e. The molecule has 1 aliphatic heterocycles. The lowest BCUT2D eigenvalue weighted by Gasteiger charge is -2.36. The standard InChI is InChI=1S/C28H37N5O8S/c1-4-41-28(38)33-14-12-32(13-15-33)27(37)22(10-11-25(34)35)30-26(36)24-19-21(31(2)16-17-42(3,39)40)18-23(29-24)20-8-6-5-7-9-20/h5-9,18-19,22H,4,10-17H2,1-3H3,(H,30,36)(H,34,35)/t22-/m0/s1. The Morgan fingerprint density at radius 3 is 2.31 bits per heavy atom. The van der Waals surface area contributed by atoms with Gasteiger partial charge in [-0.2, -0.15) is 0 Å². The Morgan fingerprint density at radius 1 is 1.07 bits per heavy atom. The van der Waals surface area contributed by atoms with E-state index < -0.39 is 39.8 Å². The van der Waals surface area contributed by atoms with E-state index in [9.17, 15) is 32.7 Å². The third-order valence-electron chi connectivity index (χ3n) is 6.72. The van der Waals surface area contributed by atoms with Gasteiger partial charge in [-0.25, -0.2) is 18.2 Å². The summed E-state index contributed by atoms with van der Waals surface area (Å²) in [5, 5.41) is 11.9. The number of aromatic nitrogens is 1. The highest BCUT2D eigenvalue weighted by molar-refractivity contribution is 7.90. The molecule has 2 N–H and O–H groups in total. The molecule has 3 rings (SSSR count). The Hall–Kier alpha value is -4.20. The van der Waals surface area contributed by atoms with Gasteiger partial charge in [-0.1, -0.05) is 30.3 Å². The van der Waals surface area contributed by atoms with E-state index in [1.165, 1.54) is 15.9 Å². The minimum atomic E-state index is -3.23. The topological polar surface area (TPSA) is 167 Å². The number of anilines is 1. The van der Waals surface area contributed by atoms with Crippen LogP contribution in [0.3, 0.4) is 0 Å². The molecular formula is C28H37N5O8S. The first kappa shape index (κ1) is 32.3. The molecule has 1 saturated heterocycles. The first-order valence-electron chi connectivity index (χ1n) is 13.6. The van der Waals surface area contributed by atoms with E-state index in [2.05, 4.69) is 10.3 Å². The van der Waals surface area contributed by atoms with Crippen LogP contribution in [0.1, 0.15) is 30.3 Å². The Labute approximate surface area is 245 Å². The molecule has 1 atom stereocenters. The summed E-state index contributed by atoms with van der Waals surface area (Å²) in [4.78, 5) is 59.5. The summed E-state index contributed by atoms with van der Waals surface area (Å²) in [7, 11) is -1.53. The van der Waals surface area contributed by atoms with Gasteiger partial charge in [0.25, 0.3) is 5.91 Å². The van der Waals surface area contributed by atoms with Crippen molar-refractivity contribution in [3.8, 4) is 11.3 Å². The number of aliphatic carboxylic acids is 1. The molecule has 0 radical (unpaired) electrons. The summed E-state index contributed by atoms with van der Waals surface area (Å²) in [5.74, 6) is -2.35. The van der Waals surface area contributed by atoms with Crippen LogP contribution < -0.4 is 10.2 Å². The number of pyridine rings is 1. The van der Waals surface area contributed by atoms with E-state index in [-0.39, 0.29) is 63.6 Å². The number of carboxylic acids is 1. The van der Waals surface area contributed by atoms with Crippen LogP contribution in [-0.2, 0) is 24.2 Å². The molecule has 14 heteroatoms. The molecule has 0 saturated carbocycles. The highest BCUT2D eigenvalue weighted by Crippen LogP contribution is 2.24. The molecule has 0 unspecified atom stereocenters. The predicted octanol–water partition coefficient (Wildman–Crippen LogP) is 1.49. The van der Waals surface area contributed by atoms with Crippen LogP contribution in [0.15, 0.2) is 42.5 Å². The van der Waals surface area contributed by atoms with Gasteiger partial charge in [-0.05, 0) is 25.5 Å². The highest BCUT2D eigenvalue weighted by atomic mass is 32.2. The third-order valence-corrected chi connectivity index (χ3v) is 7.64. The molecule has 0 bridgehead atoms. The zero-order valence-electron chi connectivity index (χ0n) is 24.0. The number of benzene rings is 1. The zero-order chi connectivity index (χ0) is 30.9. The zero-order valence-corrected chi connectivity index (χ0v) is 24.8. The monoisotopic (exact) mass is 603 g/mol. The Morgan fingerprint density at radius 2 is 1.71 bits per heavy atom. The number of nitrogens with zero attached hydrogens (tertiary/aromatic N) is 4. The Balaban J connectivity index is 1.85. The molecular weight excluding hydrogens is 566 g/mol. The van der Waals surface area contributed by atoms with Crippen molar-refractivity contribution in [2.75, 3.05) is 63.3 Å². The molecule has 1 aromatic carbocycles. The van der Waals surface area contributed by atoms with Crippen molar-refractivity contribution < 1.29 is 37.4 Å². The summed E-state index contributed by atoms with van der Waals surface area (Å²) < 4.78 is 28.5. The number of amides is 3. The van der Waals surface area contributed by atoms with E-state index in [0.717, 1.165) is 11.8 Å². The number of carbonyl (C=O) groups is 4. The lowest BCUT2D eigenvalue weighted by Crippen LogP contribution is -2.56. The number of ether oxygens (including phenoxy) is 1. The molecule has 3 amide bonds. The van der Waals surface area contributed by atoms with Crippen LogP contribution in [0.5, 0.6) is 0 Å². The van der Waals surface area contributed by atoms with Crippen molar-refractivity contribution in [1.29, 1.82) is 0 Å². The highest BCUT2D eigenvalue weighted by Gasteiger charge is 2.31. The van der Waals surface area contributed by atoms with Gasteiger partial charge in [0.1, 0.15) is 21.6 Å². The van der Waals surface area contributed by atoms with Crippen LogP contribution in [0, 0.1) is 0 Å². The van der Waals surface area contributed by atoms with E-state index in [1.807, 2.05) is 30.3 Å². The fourth-order valence-corrected chi connectivity index (χ4v) is 4.95. The van der Waals surface area contributed by atoms with Gasteiger partial charge in [-0.15, -0.1) is 0 Å². The van der Waals surface area contributed by atoms with Gasteiger partial charge in [0.05, 0.1) is 18.1 Å². The van der Waals surface area contributed by atoms with E-state index in [4.69, 9.17) is 4.74 Å². The van der Waals surface area contributed by atoms with E-state index in [1.54, 1.807) is 24.9 Å². The maximum Gasteiger partial charge on any atom is 0.409 e.